The van der Waals surface area contributed by atoms with Gasteiger partial charge in [0.25, 0.3) is 0 Å². The van der Waals surface area contributed by atoms with E-state index in [1.807, 2.05) is 90.5 Å². The molecule has 1 heterocycles. The molecule has 3 rings (SSSR count). The van der Waals surface area contributed by atoms with Gasteiger partial charge in [0.2, 0.25) is 5.78 Å². The number of ketones is 1. The summed E-state index contributed by atoms with van der Waals surface area (Å²) in [6.45, 7) is 2.33. The number of nitrogens with zero attached hydrogens (tertiary/aromatic N) is 1. The molecule has 0 saturated heterocycles. The maximum Gasteiger partial charge on any atom is 0.337 e. The van der Waals surface area contributed by atoms with Crippen LogP contribution in [0.25, 0.3) is 6.08 Å². The third-order valence-electron chi connectivity index (χ3n) is 5.05. The van der Waals surface area contributed by atoms with Crippen LogP contribution in [-0.2, 0) is 27.4 Å². The second-order valence-electron chi connectivity index (χ2n) is 7.39. The van der Waals surface area contributed by atoms with Gasteiger partial charge in [0.1, 0.15) is 0 Å². The van der Waals surface area contributed by atoms with E-state index in [1.54, 1.807) is 0 Å². The number of hydrogen-bond acceptors (Lipinski definition) is 5. The molecule has 1 N–H and O–H groups in total. The molecule has 166 valence electrons. The van der Waals surface area contributed by atoms with Gasteiger partial charge in [-0.25, -0.2) is 4.79 Å². The maximum absolute atomic E-state index is 12.8. The number of methoxy groups -OCH3 is 1. The Morgan fingerprint density at radius 2 is 1.78 bits per heavy atom. The number of hydrogen-bond donors (Lipinski definition) is 1. The van der Waals surface area contributed by atoms with Gasteiger partial charge in [-0.15, -0.1) is 0 Å². The summed E-state index contributed by atoms with van der Waals surface area (Å²) in [7, 11) is 1.25. The number of esters is 1. The van der Waals surface area contributed by atoms with Crippen LogP contribution >= 0.6 is 0 Å². The highest BCUT2D eigenvalue weighted by Gasteiger charge is 2.18. The number of ether oxygens (including phenoxy) is 2. The lowest BCUT2D eigenvalue weighted by molar-refractivity contribution is -0.157. The molecule has 0 aliphatic rings. The van der Waals surface area contributed by atoms with E-state index in [0.29, 0.717) is 17.8 Å². The third kappa shape index (κ3) is 6.03. The van der Waals surface area contributed by atoms with Gasteiger partial charge in [0.05, 0.1) is 26.0 Å². The van der Waals surface area contributed by atoms with Crippen molar-refractivity contribution in [2.45, 2.75) is 26.2 Å². The second kappa shape index (κ2) is 11.2. The lowest BCUT2D eigenvalue weighted by Gasteiger charge is -2.13. The smallest absolute Gasteiger partial charge is 0.337 e. The molecule has 0 saturated carbocycles. The first-order chi connectivity index (χ1) is 15.5. The van der Waals surface area contributed by atoms with Crippen molar-refractivity contribution in [2.75, 3.05) is 13.7 Å². The van der Waals surface area contributed by atoms with Crippen LogP contribution in [0.4, 0.5) is 0 Å². The van der Waals surface area contributed by atoms with Gasteiger partial charge in [-0.2, -0.15) is 0 Å². The average Bonchev–Trinajstić information content (AvgIpc) is 3.28. The number of benzene rings is 2. The van der Waals surface area contributed by atoms with E-state index < -0.39 is 18.7 Å². The summed E-state index contributed by atoms with van der Waals surface area (Å²) in [4.78, 5) is 24.3. The van der Waals surface area contributed by atoms with Crippen molar-refractivity contribution >= 4 is 17.8 Å². The Morgan fingerprint density at radius 3 is 2.44 bits per heavy atom. The molecule has 0 fully saturated rings. The molecule has 0 aliphatic carbocycles. The largest absolute Gasteiger partial charge is 0.467 e. The van der Waals surface area contributed by atoms with E-state index in [1.165, 1.54) is 7.11 Å². The molecule has 0 radical (unpaired) electrons. The Bertz CT molecular complexity index is 1060. The van der Waals surface area contributed by atoms with E-state index in [0.717, 1.165) is 16.7 Å². The van der Waals surface area contributed by atoms with Gasteiger partial charge >= 0.3 is 5.97 Å². The zero-order chi connectivity index (χ0) is 22.9. The Labute approximate surface area is 187 Å². The molecule has 6 nitrogen and oxygen atoms in total. The predicted molar refractivity (Wildman–Crippen MR) is 122 cm³/mol. The summed E-state index contributed by atoms with van der Waals surface area (Å²) in [5.74, 6) is -0.599. The van der Waals surface area contributed by atoms with Crippen molar-refractivity contribution in [3.8, 4) is 0 Å². The second-order valence-corrected chi connectivity index (χ2v) is 7.39. The molecule has 0 aliphatic heterocycles. The van der Waals surface area contributed by atoms with Gasteiger partial charge in [0, 0.05) is 18.3 Å². The first kappa shape index (κ1) is 23.2. The third-order valence-corrected chi connectivity index (χ3v) is 5.05. The minimum Gasteiger partial charge on any atom is -0.467 e. The lowest BCUT2D eigenvalue weighted by atomic mass is 10.1. The Kier molecular flexibility index (Phi) is 8.14. The average molecular weight is 434 g/mol. The zero-order valence-corrected chi connectivity index (χ0v) is 18.2. The number of rotatable bonds is 10. The number of carbonyl (C=O) groups is 2. The number of carbonyl (C=O) groups excluding carboxylic acids is 2. The first-order valence-electron chi connectivity index (χ1n) is 10.3. The molecule has 2 aromatic carbocycles. The van der Waals surface area contributed by atoms with Crippen LogP contribution in [0.3, 0.4) is 0 Å². The molecular formula is C26H27NO5. The van der Waals surface area contributed by atoms with Crippen molar-refractivity contribution in [1.82, 2.24) is 4.57 Å². The number of aliphatic hydroxyl groups is 1. The first-order valence-corrected chi connectivity index (χ1v) is 10.3. The minimum absolute atomic E-state index is 0.000825. The Hall–Kier alpha value is -3.48. The van der Waals surface area contributed by atoms with Crippen molar-refractivity contribution in [3.63, 3.8) is 0 Å². The van der Waals surface area contributed by atoms with Crippen molar-refractivity contribution in [1.29, 1.82) is 0 Å². The molecule has 6 heteroatoms. The number of aryl methyl sites for hydroxylation is 1. The van der Waals surface area contributed by atoms with Gasteiger partial charge in [-0.05, 0) is 30.2 Å². The van der Waals surface area contributed by atoms with Crippen molar-refractivity contribution in [2.24, 2.45) is 0 Å². The summed E-state index contributed by atoms with van der Waals surface area (Å²) in [5.41, 5.74) is 4.32. The Balaban J connectivity index is 1.58. The van der Waals surface area contributed by atoms with Crippen LogP contribution in [0.1, 0.15) is 32.7 Å². The van der Waals surface area contributed by atoms with Gasteiger partial charge in [-0.3, -0.25) is 4.79 Å². The van der Waals surface area contributed by atoms with Crippen LogP contribution in [0.5, 0.6) is 0 Å². The van der Waals surface area contributed by atoms with Crippen molar-refractivity contribution < 1.29 is 24.2 Å². The monoisotopic (exact) mass is 433 g/mol. The van der Waals surface area contributed by atoms with Crippen LogP contribution in [-0.4, -0.2) is 41.2 Å². The topological polar surface area (TPSA) is 77.8 Å². The Morgan fingerprint density at radius 1 is 1.06 bits per heavy atom. The van der Waals surface area contributed by atoms with E-state index in [9.17, 15) is 14.7 Å². The van der Waals surface area contributed by atoms with Gasteiger partial charge in [0.15, 0.2) is 6.10 Å². The summed E-state index contributed by atoms with van der Waals surface area (Å²) < 4.78 is 11.9. The van der Waals surface area contributed by atoms with E-state index in [2.05, 4.69) is 4.74 Å². The van der Waals surface area contributed by atoms with Gasteiger partial charge in [-0.1, -0.05) is 66.2 Å². The van der Waals surface area contributed by atoms with E-state index >= 15 is 0 Å². The summed E-state index contributed by atoms with van der Waals surface area (Å²) in [6, 6.07) is 19.0. The summed E-state index contributed by atoms with van der Waals surface area (Å²) >= 11 is 0. The fraction of sp³-hybridized carbons (Fsp3) is 0.231. The lowest BCUT2D eigenvalue weighted by Crippen LogP contribution is -2.29. The van der Waals surface area contributed by atoms with Crippen LogP contribution in [0.15, 0.2) is 72.9 Å². The predicted octanol–water partition coefficient (Wildman–Crippen LogP) is 3.79. The number of aromatic nitrogens is 1. The summed E-state index contributed by atoms with van der Waals surface area (Å²) in [5, 5.41) is 9.20. The summed E-state index contributed by atoms with van der Waals surface area (Å²) in [6.07, 6.45) is 4.88. The number of aliphatic hydroxyl groups excluding tert-OH is 1. The maximum atomic E-state index is 12.8. The van der Waals surface area contributed by atoms with Crippen LogP contribution < -0.4 is 0 Å². The molecule has 0 unspecified atom stereocenters. The van der Waals surface area contributed by atoms with Gasteiger partial charge < -0.3 is 19.1 Å². The normalized spacial score (nSPS) is 12.1. The molecule has 0 spiro atoms. The molecule has 1 aromatic heterocycles. The van der Waals surface area contributed by atoms with Crippen LogP contribution in [0.2, 0.25) is 0 Å². The molecular weight excluding hydrogens is 406 g/mol. The van der Waals surface area contributed by atoms with E-state index in [-0.39, 0.29) is 12.4 Å². The number of allylic oxidation sites excluding steroid dienone is 1. The molecule has 32 heavy (non-hydrogen) atoms. The van der Waals surface area contributed by atoms with E-state index in [4.69, 9.17) is 4.74 Å². The highest BCUT2D eigenvalue weighted by molar-refractivity contribution is 6.08. The SMILES string of the molecule is COC(=O)[C@@H](CO)OCc1ccc(C=CCn2cccc2C(=O)c2ccc(C)cc2)cc1. The molecule has 1 atom stereocenters. The quantitative estimate of drug-likeness (QED) is 0.389. The van der Waals surface area contributed by atoms with Crippen molar-refractivity contribution in [3.05, 3.63) is 101 Å². The molecule has 0 amide bonds. The highest BCUT2D eigenvalue weighted by atomic mass is 16.6. The fourth-order valence-corrected chi connectivity index (χ4v) is 3.18. The standard InChI is InChI=1S/C26H27NO5/c1-19-7-13-22(14-8-19)25(29)23-6-4-16-27(23)15-3-5-20-9-11-21(12-10-20)18-32-24(17-28)26(30)31-2/h3-14,16,24,28H,15,17-18H2,1-2H3/t24-/m1/s1. The fourth-order valence-electron chi connectivity index (χ4n) is 3.18. The minimum atomic E-state index is -0.988. The zero-order valence-electron chi connectivity index (χ0n) is 18.2. The molecule has 3 aromatic rings. The van der Waals surface area contributed by atoms with Crippen LogP contribution in [0, 0.1) is 6.92 Å². The highest BCUT2D eigenvalue weighted by Crippen LogP contribution is 2.13. The molecule has 0 bridgehead atoms.